The monoisotopic (exact) mass is 196 g/mol. The van der Waals surface area contributed by atoms with Crippen LogP contribution >= 0.6 is 11.8 Å². The third-order valence-corrected chi connectivity index (χ3v) is 5.69. The van der Waals surface area contributed by atoms with E-state index in [9.17, 15) is 4.79 Å². The highest BCUT2D eigenvalue weighted by Crippen LogP contribution is 2.52. The van der Waals surface area contributed by atoms with Gasteiger partial charge in [0.05, 0.1) is 0 Å². The van der Waals surface area contributed by atoms with E-state index in [0.29, 0.717) is 11.7 Å². The molecule has 0 aromatic carbocycles. The van der Waals surface area contributed by atoms with Gasteiger partial charge in [-0.15, -0.1) is 0 Å². The number of Topliss-reactive ketones (excluding diaryl/α,β-unsaturated/α-hetero) is 1. The van der Waals surface area contributed by atoms with Crippen molar-refractivity contribution in [3.63, 3.8) is 0 Å². The number of rotatable bonds is 0. The maximum Gasteiger partial charge on any atom is 0.136 e. The Labute approximate surface area is 83.7 Å². The third kappa shape index (κ3) is 1.18. The van der Waals surface area contributed by atoms with E-state index in [1.807, 2.05) is 0 Å². The van der Waals surface area contributed by atoms with Gasteiger partial charge in [-0.25, -0.2) is 0 Å². The Morgan fingerprint density at radius 2 is 2.08 bits per heavy atom. The second-order valence-electron chi connectivity index (χ2n) is 4.77. The molecule has 1 saturated heterocycles. The normalized spacial score (nSPS) is 49.1. The van der Waals surface area contributed by atoms with Gasteiger partial charge in [-0.05, 0) is 30.4 Å². The van der Waals surface area contributed by atoms with Crippen molar-refractivity contribution in [3.8, 4) is 0 Å². The average molecular weight is 196 g/mol. The molecule has 0 amide bonds. The average Bonchev–Trinajstić information content (AvgIpc) is 2.55. The van der Waals surface area contributed by atoms with Crippen molar-refractivity contribution in [1.29, 1.82) is 0 Å². The highest BCUT2D eigenvalue weighted by atomic mass is 32.2. The molecule has 0 radical (unpaired) electrons. The molecule has 0 spiro atoms. The number of ketones is 1. The second kappa shape index (κ2) is 3.01. The Balaban J connectivity index is 1.91. The van der Waals surface area contributed by atoms with Gasteiger partial charge in [-0.1, -0.05) is 12.8 Å². The Bertz CT molecular complexity index is 238. The third-order valence-electron chi connectivity index (χ3n) is 4.09. The lowest BCUT2D eigenvalue weighted by Crippen LogP contribution is -2.21. The fourth-order valence-electron chi connectivity index (χ4n) is 3.52. The lowest BCUT2D eigenvalue weighted by Gasteiger charge is -2.19. The van der Waals surface area contributed by atoms with Gasteiger partial charge in [-0.3, -0.25) is 4.79 Å². The van der Waals surface area contributed by atoms with Crippen LogP contribution in [0.5, 0.6) is 0 Å². The van der Waals surface area contributed by atoms with Crippen LogP contribution in [0.25, 0.3) is 0 Å². The lowest BCUT2D eigenvalue weighted by molar-refractivity contribution is -0.121. The van der Waals surface area contributed by atoms with E-state index < -0.39 is 0 Å². The number of hydrogen-bond donors (Lipinski definition) is 0. The predicted molar refractivity (Wildman–Crippen MR) is 54.8 cm³/mol. The summed E-state index contributed by atoms with van der Waals surface area (Å²) in [5, 5.41) is 0.851. The van der Waals surface area contributed by atoms with Gasteiger partial charge in [0.15, 0.2) is 0 Å². The van der Waals surface area contributed by atoms with Crippen LogP contribution in [0, 0.1) is 17.8 Å². The molecule has 2 saturated carbocycles. The van der Waals surface area contributed by atoms with Gasteiger partial charge < -0.3 is 0 Å². The van der Waals surface area contributed by atoms with Gasteiger partial charge in [0.2, 0.25) is 0 Å². The first kappa shape index (κ1) is 8.34. The van der Waals surface area contributed by atoms with Crippen LogP contribution in [-0.2, 0) is 4.79 Å². The molecule has 2 heteroatoms. The second-order valence-corrected chi connectivity index (χ2v) is 6.04. The van der Waals surface area contributed by atoms with Gasteiger partial charge in [0, 0.05) is 17.6 Å². The van der Waals surface area contributed by atoms with E-state index >= 15 is 0 Å². The van der Waals surface area contributed by atoms with Crippen LogP contribution in [0.2, 0.25) is 0 Å². The molecule has 72 valence electrons. The molecule has 0 aromatic rings. The molecular weight excluding hydrogens is 180 g/mol. The van der Waals surface area contributed by atoms with Crippen molar-refractivity contribution in [1.82, 2.24) is 0 Å². The van der Waals surface area contributed by atoms with Crippen molar-refractivity contribution in [3.05, 3.63) is 0 Å². The molecule has 3 rings (SSSR count). The highest BCUT2D eigenvalue weighted by Gasteiger charge is 2.50. The van der Waals surface area contributed by atoms with Gasteiger partial charge in [0.25, 0.3) is 0 Å². The quantitative estimate of drug-likeness (QED) is 0.592. The van der Waals surface area contributed by atoms with Crippen LogP contribution in [0.4, 0.5) is 0 Å². The van der Waals surface area contributed by atoms with E-state index in [1.54, 1.807) is 0 Å². The summed E-state index contributed by atoms with van der Waals surface area (Å²) < 4.78 is 0. The molecule has 0 N–H and O–H groups in total. The largest absolute Gasteiger partial charge is 0.299 e. The van der Waals surface area contributed by atoms with E-state index in [2.05, 4.69) is 11.8 Å². The van der Waals surface area contributed by atoms with Crippen molar-refractivity contribution in [2.45, 2.75) is 37.4 Å². The number of carbonyl (C=O) groups is 1. The number of thioether (sulfide) groups is 1. The van der Waals surface area contributed by atoms with Crippen LogP contribution in [-0.4, -0.2) is 16.8 Å². The first-order valence-electron chi connectivity index (χ1n) is 5.50. The van der Waals surface area contributed by atoms with Gasteiger partial charge >= 0.3 is 0 Å². The highest BCUT2D eigenvalue weighted by molar-refractivity contribution is 8.00. The van der Waals surface area contributed by atoms with Crippen molar-refractivity contribution < 1.29 is 4.79 Å². The molecule has 1 nitrogen and oxygen atoms in total. The Morgan fingerprint density at radius 1 is 1.23 bits per heavy atom. The van der Waals surface area contributed by atoms with E-state index in [1.165, 1.54) is 31.4 Å². The fraction of sp³-hybridized carbons (Fsp3) is 0.909. The zero-order valence-electron chi connectivity index (χ0n) is 7.87. The maximum atomic E-state index is 11.7. The molecule has 0 aromatic heterocycles. The zero-order chi connectivity index (χ0) is 8.84. The molecule has 3 aliphatic rings. The molecule has 3 fully saturated rings. The van der Waals surface area contributed by atoms with Crippen molar-refractivity contribution >= 4 is 17.5 Å². The molecular formula is C11H16OS. The minimum atomic E-state index is 0.479. The predicted octanol–water partition coefficient (Wildman–Crippen LogP) is 2.50. The summed E-state index contributed by atoms with van der Waals surface area (Å²) in [5.74, 6) is 3.91. The first-order valence-corrected chi connectivity index (χ1v) is 6.55. The molecule has 13 heavy (non-hydrogen) atoms. The number of carbonyl (C=O) groups excluding carboxylic acids is 1. The van der Waals surface area contributed by atoms with Gasteiger partial charge in [-0.2, -0.15) is 11.8 Å². The molecule has 0 bridgehead atoms. The standard InChI is InChI=1S/C11H16OS/c12-9-5-7-6-13-10-4-2-1-3-8(9)11(7)10/h7-8,10-11H,1-6H2/t7-,8-,10+,11+/m0/s1. The fourth-order valence-corrected chi connectivity index (χ4v) is 5.32. The molecule has 2 aliphatic carbocycles. The molecule has 0 unspecified atom stereocenters. The molecule has 1 heterocycles. The SMILES string of the molecule is O=C1C[C@H]2CS[C@@H]3CCCC[C@@H]1[C@@H]23. The summed E-state index contributed by atoms with van der Waals surface area (Å²) in [4.78, 5) is 11.7. The summed E-state index contributed by atoms with van der Waals surface area (Å²) in [6.45, 7) is 0. The number of hydrogen-bond acceptors (Lipinski definition) is 2. The smallest absolute Gasteiger partial charge is 0.136 e. The van der Waals surface area contributed by atoms with Crippen molar-refractivity contribution in [2.24, 2.45) is 17.8 Å². The molecule has 1 aliphatic heterocycles. The Kier molecular flexibility index (Phi) is 1.93. The van der Waals surface area contributed by atoms with E-state index in [-0.39, 0.29) is 0 Å². The summed E-state index contributed by atoms with van der Waals surface area (Å²) in [7, 11) is 0. The Hall–Kier alpha value is 0.0200. The maximum absolute atomic E-state index is 11.7. The topological polar surface area (TPSA) is 17.1 Å². The van der Waals surface area contributed by atoms with Crippen LogP contribution in [0.1, 0.15) is 32.1 Å². The minimum absolute atomic E-state index is 0.479. The summed E-state index contributed by atoms with van der Waals surface area (Å²) >= 11 is 2.15. The van der Waals surface area contributed by atoms with E-state index in [0.717, 1.165) is 23.5 Å². The van der Waals surface area contributed by atoms with Crippen LogP contribution < -0.4 is 0 Å². The van der Waals surface area contributed by atoms with E-state index in [4.69, 9.17) is 0 Å². The minimum Gasteiger partial charge on any atom is -0.299 e. The zero-order valence-corrected chi connectivity index (χ0v) is 8.69. The van der Waals surface area contributed by atoms with Crippen molar-refractivity contribution in [2.75, 3.05) is 5.75 Å². The molecule has 4 atom stereocenters. The Morgan fingerprint density at radius 3 is 3.00 bits per heavy atom. The van der Waals surface area contributed by atoms with Gasteiger partial charge in [0.1, 0.15) is 5.78 Å². The first-order chi connectivity index (χ1) is 6.36. The van der Waals surface area contributed by atoms with Crippen LogP contribution in [0.15, 0.2) is 0 Å². The summed E-state index contributed by atoms with van der Waals surface area (Å²) in [5.41, 5.74) is 0. The summed E-state index contributed by atoms with van der Waals surface area (Å²) in [6.07, 6.45) is 6.17. The summed E-state index contributed by atoms with van der Waals surface area (Å²) in [6, 6.07) is 0. The lowest BCUT2D eigenvalue weighted by atomic mass is 9.86. The van der Waals surface area contributed by atoms with Crippen LogP contribution in [0.3, 0.4) is 0 Å².